The number of ether oxygens (including phenoxy) is 1. The number of halogens is 3. The molecule has 0 aliphatic carbocycles. The molecule has 3 nitrogen and oxygen atoms in total. The van der Waals surface area contributed by atoms with Gasteiger partial charge in [-0.2, -0.15) is 0 Å². The van der Waals surface area contributed by atoms with Crippen LogP contribution in [0.1, 0.15) is 37.3 Å². The molecule has 0 spiro atoms. The fourth-order valence-corrected chi connectivity index (χ4v) is 2.84. The van der Waals surface area contributed by atoms with Gasteiger partial charge in [-0.25, -0.2) is 4.39 Å². The van der Waals surface area contributed by atoms with Crippen molar-refractivity contribution in [3.63, 3.8) is 0 Å². The van der Waals surface area contributed by atoms with Gasteiger partial charge in [0.05, 0.1) is 11.1 Å². The molecule has 19 heavy (non-hydrogen) atoms. The molecule has 0 bridgehead atoms. The van der Waals surface area contributed by atoms with Crippen molar-refractivity contribution in [1.29, 1.82) is 0 Å². The topological polar surface area (TPSA) is 47.3 Å². The van der Waals surface area contributed by atoms with Crippen molar-refractivity contribution in [1.82, 2.24) is 5.43 Å². The minimum absolute atomic E-state index is 0.0925. The van der Waals surface area contributed by atoms with Crippen molar-refractivity contribution >= 4 is 27.5 Å². The number of nitrogens with one attached hydrogen (secondary N) is 1. The lowest BCUT2D eigenvalue weighted by atomic mass is 9.99. The second-order valence-corrected chi connectivity index (χ2v) is 5.93. The summed E-state index contributed by atoms with van der Waals surface area (Å²) in [7, 11) is 0. The van der Waals surface area contributed by atoms with Crippen molar-refractivity contribution in [2.75, 3.05) is 6.61 Å². The monoisotopic (exact) mass is 350 g/mol. The Morgan fingerprint density at radius 2 is 2.37 bits per heavy atom. The molecular formula is C13H17BrClFN2O. The summed E-state index contributed by atoms with van der Waals surface area (Å²) in [6, 6.07) is 3.18. The lowest BCUT2D eigenvalue weighted by Gasteiger charge is -2.19. The van der Waals surface area contributed by atoms with Gasteiger partial charge in [0.2, 0.25) is 0 Å². The molecule has 2 unspecified atom stereocenters. The summed E-state index contributed by atoms with van der Waals surface area (Å²) < 4.78 is 20.2. The number of hydrogen-bond acceptors (Lipinski definition) is 3. The van der Waals surface area contributed by atoms with Crippen LogP contribution in [0.25, 0.3) is 0 Å². The van der Waals surface area contributed by atoms with E-state index >= 15 is 0 Å². The smallest absolute Gasteiger partial charge is 0.147 e. The van der Waals surface area contributed by atoms with Crippen LogP contribution in [0.2, 0.25) is 5.02 Å². The second-order valence-electron chi connectivity index (χ2n) is 4.70. The first-order valence-electron chi connectivity index (χ1n) is 6.34. The molecule has 0 saturated carbocycles. The minimum Gasteiger partial charge on any atom is -0.378 e. The first-order valence-corrected chi connectivity index (χ1v) is 7.51. The Hall–Kier alpha value is -0.200. The van der Waals surface area contributed by atoms with Crippen LogP contribution in [0.4, 0.5) is 4.39 Å². The Labute approximate surface area is 125 Å². The van der Waals surface area contributed by atoms with Crippen molar-refractivity contribution in [2.24, 2.45) is 5.84 Å². The average molecular weight is 352 g/mol. The van der Waals surface area contributed by atoms with E-state index in [-0.39, 0.29) is 17.2 Å². The van der Waals surface area contributed by atoms with E-state index in [1.54, 1.807) is 12.1 Å². The molecule has 2 atom stereocenters. The fraction of sp³-hybridized carbons (Fsp3) is 0.538. The quantitative estimate of drug-likeness (QED) is 0.483. The summed E-state index contributed by atoms with van der Waals surface area (Å²) in [5.41, 5.74) is 3.15. The van der Waals surface area contributed by atoms with Crippen LogP contribution in [-0.2, 0) is 4.74 Å². The molecule has 2 rings (SSSR count). The van der Waals surface area contributed by atoms with E-state index in [2.05, 4.69) is 21.4 Å². The number of nitrogens with two attached hydrogens (primary N) is 1. The third-order valence-electron chi connectivity index (χ3n) is 3.44. The molecule has 6 heteroatoms. The van der Waals surface area contributed by atoms with Gasteiger partial charge in [0.25, 0.3) is 0 Å². The van der Waals surface area contributed by atoms with Gasteiger partial charge in [-0.1, -0.05) is 17.7 Å². The predicted octanol–water partition coefficient (Wildman–Crippen LogP) is 3.71. The minimum atomic E-state index is -0.425. The molecule has 1 fully saturated rings. The summed E-state index contributed by atoms with van der Waals surface area (Å²) in [4.78, 5) is 0. The largest absolute Gasteiger partial charge is 0.378 e. The molecule has 3 N–H and O–H groups in total. The highest BCUT2D eigenvalue weighted by Crippen LogP contribution is 2.32. The van der Waals surface area contributed by atoms with Gasteiger partial charge < -0.3 is 4.74 Å². The van der Waals surface area contributed by atoms with Crippen LogP contribution in [-0.4, -0.2) is 12.7 Å². The summed E-state index contributed by atoms with van der Waals surface area (Å²) in [6.45, 7) is 0.823. The summed E-state index contributed by atoms with van der Waals surface area (Å²) >= 11 is 9.10. The van der Waals surface area contributed by atoms with E-state index in [0.717, 1.165) is 32.3 Å². The van der Waals surface area contributed by atoms with Crippen LogP contribution in [0.5, 0.6) is 0 Å². The summed E-state index contributed by atoms with van der Waals surface area (Å²) in [5, 5.41) is 0.0925. The number of rotatable bonds is 5. The van der Waals surface area contributed by atoms with Gasteiger partial charge in [-0.3, -0.25) is 11.3 Å². The van der Waals surface area contributed by atoms with E-state index in [9.17, 15) is 4.39 Å². The van der Waals surface area contributed by atoms with Gasteiger partial charge in [0.15, 0.2) is 0 Å². The zero-order valence-electron chi connectivity index (χ0n) is 10.5. The Bertz CT molecular complexity index is 441. The van der Waals surface area contributed by atoms with Gasteiger partial charge in [0, 0.05) is 22.7 Å². The molecule has 1 aliphatic heterocycles. The normalized spacial score (nSPS) is 20.7. The maximum Gasteiger partial charge on any atom is 0.147 e. The average Bonchev–Trinajstić information content (AvgIpc) is 2.92. The second kappa shape index (κ2) is 6.99. The molecule has 0 aromatic heterocycles. The maximum atomic E-state index is 14.1. The Balaban J connectivity index is 2.06. The lowest BCUT2D eigenvalue weighted by Crippen LogP contribution is -2.29. The van der Waals surface area contributed by atoms with Crippen LogP contribution in [0.15, 0.2) is 16.6 Å². The summed E-state index contributed by atoms with van der Waals surface area (Å²) in [5.74, 6) is 5.11. The van der Waals surface area contributed by atoms with Crippen molar-refractivity contribution < 1.29 is 9.13 Å². The highest BCUT2D eigenvalue weighted by Gasteiger charge is 2.21. The third-order valence-corrected chi connectivity index (χ3v) is 4.70. The zero-order valence-corrected chi connectivity index (χ0v) is 12.8. The molecule has 1 aromatic rings. The van der Waals surface area contributed by atoms with E-state index in [4.69, 9.17) is 22.2 Å². The van der Waals surface area contributed by atoms with Crippen molar-refractivity contribution in [3.8, 4) is 0 Å². The van der Waals surface area contributed by atoms with Gasteiger partial charge in [0.1, 0.15) is 5.82 Å². The van der Waals surface area contributed by atoms with Crippen LogP contribution >= 0.6 is 27.5 Å². The number of hydrogen-bond donors (Lipinski definition) is 2. The van der Waals surface area contributed by atoms with Gasteiger partial charge in [-0.15, -0.1) is 0 Å². The molecule has 1 saturated heterocycles. The molecule has 0 amide bonds. The molecule has 1 aromatic carbocycles. The fourth-order valence-electron chi connectivity index (χ4n) is 2.36. The first kappa shape index (κ1) is 15.2. The summed E-state index contributed by atoms with van der Waals surface area (Å²) in [6.07, 6.45) is 4.02. The van der Waals surface area contributed by atoms with E-state index in [1.165, 1.54) is 0 Å². The molecule has 0 radical (unpaired) electrons. The predicted molar refractivity (Wildman–Crippen MR) is 77.4 cm³/mol. The van der Waals surface area contributed by atoms with Crippen LogP contribution in [0, 0.1) is 5.82 Å². The molecule has 1 aliphatic rings. The SMILES string of the molecule is NNC(CCC1CCCO1)c1ccc(Br)c(Cl)c1F. The molecule has 1 heterocycles. The molecular weight excluding hydrogens is 335 g/mol. The Morgan fingerprint density at radius 3 is 3.00 bits per heavy atom. The van der Waals surface area contributed by atoms with Gasteiger partial charge >= 0.3 is 0 Å². The standard InChI is InChI=1S/C13H17BrClFN2O/c14-10-5-4-9(13(16)12(10)15)11(18-17)6-3-8-2-1-7-19-8/h4-5,8,11,18H,1-3,6-7,17H2. The number of hydrazine groups is 1. The first-order chi connectivity index (χ1) is 9.13. The van der Waals surface area contributed by atoms with Gasteiger partial charge in [-0.05, 0) is 47.7 Å². The van der Waals surface area contributed by atoms with E-state index < -0.39 is 5.82 Å². The zero-order chi connectivity index (χ0) is 13.8. The van der Waals surface area contributed by atoms with Crippen LogP contribution in [0.3, 0.4) is 0 Å². The highest BCUT2D eigenvalue weighted by molar-refractivity contribution is 9.10. The van der Waals surface area contributed by atoms with Crippen LogP contribution < -0.4 is 11.3 Å². The maximum absolute atomic E-state index is 14.1. The van der Waals surface area contributed by atoms with Crippen molar-refractivity contribution in [3.05, 3.63) is 33.0 Å². The molecule has 106 valence electrons. The third kappa shape index (κ3) is 3.67. The highest BCUT2D eigenvalue weighted by atomic mass is 79.9. The Kier molecular flexibility index (Phi) is 5.59. The van der Waals surface area contributed by atoms with E-state index in [0.29, 0.717) is 10.0 Å². The Morgan fingerprint density at radius 1 is 1.58 bits per heavy atom. The van der Waals surface area contributed by atoms with E-state index in [1.807, 2.05) is 0 Å². The van der Waals surface area contributed by atoms with Crippen molar-refractivity contribution in [2.45, 2.75) is 37.8 Å². The lowest BCUT2D eigenvalue weighted by molar-refractivity contribution is 0.0995. The number of benzene rings is 1.